The summed E-state index contributed by atoms with van der Waals surface area (Å²) in [5.74, 6) is 2.48. The van der Waals surface area contributed by atoms with Gasteiger partial charge < -0.3 is 19.7 Å². The number of hydrogen-bond donors (Lipinski definition) is 1. The molecule has 1 aromatic carbocycles. The fourth-order valence-electron chi connectivity index (χ4n) is 3.07. The predicted molar refractivity (Wildman–Crippen MR) is 100.0 cm³/mol. The van der Waals surface area contributed by atoms with E-state index in [0.717, 1.165) is 24.5 Å². The minimum absolute atomic E-state index is 0.138. The van der Waals surface area contributed by atoms with Crippen LogP contribution in [0.4, 0.5) is 11.6 Å². The molecule has 1 aromatic heterocycles. The Balaban J connectivity index is 1.64. The van der Waals surface area contributed by atoms with E-state index in [4.69, 9.17) is 9.47 Å². The minimum Gasteiger partial charge on any atom is -0.493 e. The van der Waals surface area contributed by atoms with Crippen LogP contribution in [0.25, 0.3) is 0 Å². The van der Waals surface area contributed by atoms with E-state index in [1.54, 1.807) is 26.4 Å². The second kappa shape index (κ2) is 8.51. The number of ether oxygens (including phenoxy) is 2. The van der Waals surface area contributed by atoms with Crippen LogP contribution in [0.3, 0.4) is 0 Å². The summed E-state index contributed by atoms with van der Waals surface area (Å²) < 4.78 is 10.5. The molecular weight excluding hydrogens is 332 g/mol. The van der Waals surface area contributed by atoms with Gasteiger partial charge in [-0.3, -0.25) is 4.79 Å². The summed E-state index contributed by atoms with van der Waals surface area (Å²) in [6.45, 7) is 1.99. The van der Waals surface area contributed by atoms with Crippen molar-refractivity contribution in [3.8, 4) is 11.5 Å². The van der Waals surface area contributed by atoms with Crippen LogP contribution in [0.2, 0.25) is 0 Å². The summed E-state index contributed by atoms with van der Waals surface area (Å²) in [4.78, 5) is 23.1. The highest BCUT2D eigenvalue weighted by Crippen LogP contribution is 2.27. The summed E-state index contributed by atoms with van der Waals surface area (Å²) in [6, 6.07) is 7.27. The van der Waals surface area contributed by atoms with Crippen molar-refractivity contribution in [2.75, 3.05) is 37.5 Å². The molecule has 0 saturated carbocycles. The quantitative estimate of drug-likeness (QED) is 0.857. The number of anilines is 2. The van der Waals surface area contributed by atoms with E-state index in [0.29, 0.717) is 17.3 Å². The number of nitrogens with one attached hydrogen (secondary N) is 1. The van der Waals surface area contributed by atoms with Crippen LogP contribution >= 0.6 is 0 Å². The molecule has 0 spiro atoms. The maximum Gasteiger partial charge on any atom is 0.229 e. The average Bonchev–Trinajstić information content (AvgIpc) is 2.68. The zero-order valence-electron chi connectivity index (χ0n) is 15.2. The van der Waals surface area contributed by atoms with Crippen LogP contribution in [0, 0.1) is 0 Å². The Morgan fingerprint density at radius 1 is 1.08 bits per heavy atom. The number of carbonyl (C=O) groups is 1. The molecule has 7 heteroatoms. The first kappa shape index (κ1) is 18.0. The van der Waals surface area contributed by atoms with E-state index in [9.17, 15) is 4.79 Å². The van der Waals surface area contributed by atoms with Gasteiger partial charge in [-0.1, -0.05) is 6.07 Å². The molecule has 1 aliphatic rings. The summed E-state index contributed by atoms with van der Waals surface area (Å²) >= 11 is 0. The van der Waals surface area contributed by atoms with Gasteiger partial charge in [-0.15, -0.1) is 0 Å². The van der Waals surface area contributed by atoms with Gasteiger partial charge in [-0.2, -0.15) is 0 Å². The van der Waals surface area contributed by atoms with Gasteiger partial charge in [0.1, 0.15) is 18.0 Å². The van der Waals surface area contributed by atoms with Gasteiger partial charge >= 0.3 is 0 Å². The Morgan fingerprint density at radius 3 is 2.58 bits per heavy atom. The Morgan fingerprint density at radius 2 is 1.85 bits per heavy atom. The molecule has 0 aliphatic carbocycles. The number of piperidine rings is 1. The first-order valence-corrected chi connectivity index (χ1v) is 8.77. The van der Waals surface area contributed by atoms with Crippen molar-refractivity contribution in [3.63, 3.8) is 0 Å². The maximum absolute atomic E-state index is 12.4. The lowest BCUT2D eigenvalue weighted by atomic mass is 10.1. The van der Waals surface area contributed by atoms with E-state index in [1.165, 1.54) is 25.6 Å². The van der Waals surface area contributed by atoms with Crippen molar-refractivity contribution >= 4 is 17.5 Å². The molecule has 1 saturated heterocycles. The highest BCUT2D eigenvalue weighted by molar-refractivity contribution is 5.91. The second-order valence-electron chi connectivity index (χ2n) is 6.22. The third-order valence-corrected chi connectivity index (χ3v) is 4.41. The zero-order valence-corrected chi connectivity index (χ0v) is 15.2. The van der Waals surface area contributed by atoms with Crippen molar-refractivity contribution in [1.29, 1.82) is 0 Å². The van der Waals surface area contributed by atoms with Gasteiger partial charge in [-0.05, 0) is 37.0 Å². The largest absolute Gasteiger partial charge is 0.493 e. The van der Waals surface area contributed by atoms with Crippen molar-refractivity contribution in [2.24, 2.45) is 0 Å². The number of methoxy groups -OCH3 is 2. The van der Waals surface area contributed by atoms with Gasteiger partial charge in [0, 0.05) is 19.2 Å². The van der Waals surface area contributed by atoms with Crippen LogP contribution in [0.15, 0.2) is 30.6 Å². The topological polar surface area (TPSA) is 76.6 Å². The monoisotopic (exact) mass is 356 g/mol. The van der Waals surface area contributed by atoms with Crippen molar-refractivity contribution < 1.29 is 14.3 Å². The SMILES string of the molecule is COc1ccc(CC(=O)Nc2cc(N3CCCCC3)ncn2)cc1OC. The predicted octanol–water partition coefficient (Wildman–Crippen LogP) is 2.67. The maximum atomic E-state index is 12.4. The molecule has 2 aromatic rings. The van der Waals surface area contributed by atoms with Crippen LogP contribution in [-0.2, 0) is 11.2 Å². The molecule has 138 valence electrons. The Kier molecular flexibility index (Phi) is 5.88. The molecule has 7 nitrogen and oxygen atoms in total. The third-order valence-electron chi connectivity index (χ3n) is 4.41. The highest BCUT2D eigenvalue weighted by atomic mass is 16.5. The number of benzene rings is 1. The van der Waals surface area contributed by atoms with Crippen molar-refractivity contribution in [3.05, 3.63) is 36.2 Å². The molecule has 1 amide bonds. The van der Waals surface area contributed by atoms with Gasteiger partial charge in [0.15, 0.2) is 11.5 Å². The Labute approximate surface area is 153 Å². The molecule has 0 atom stereocenters. The van der Waals surface area contributed by atoms with E-state index in [-0.39, 0.29) is 12.3 Å². The Hall–Kier alpha value is -2.83. The van der Waals surface area contributed by atoms with Crippen LogP contribution < -0.4 is 19.7 Å². The first-order chi connectivity index (χ1) is 12.7. The first-order valence-electron chi connectivity index (χ1n) is 8.77. The average molecular weight is 356 g/mol. The molecule has 1 N–H and O–H groups in total. The summed E-state index contributed by atoms with van der Waals surface area (Å²) in [6.07, 6.45) is 5.33. The summed E-state index contributed by atoms with van der Waals surface area (Å²) in [5, 5.41) is 2.85. The lowest BCUT2D eigenvalue weighted by Crippen LogP contribution is -2.30. The molecular formula is C19H24N4O3. The van der Waals surface area contributed by atoms with E-state index in [1.807, 2.05) is 12.1 Å². The van der Waals surface area contributed by atoms with Gasteiger partial charge in [0.2, 0.25) is 5.91 Å². The second-order valence-corrected chi connectivity index (χ2v) is 6.22. The van der Waals surface area contributed by atoms with Crippen LogP contribution in [0.5, 0.6) is 11.5 Å². The molecule has 0 unspecified atom stereocenters. The van der Waals surface area contributed by atoms with Gasteiger partial charge in [-0.25, -0.2) is 9.97 Å². The van der Waals surface area contributed by atoms with Crippen LogP contribution in [-0.4, -0.2) is 43.2 Å². The number of aromatic nitrogens is 2. The van der Waals surface area contributed by atoms with E-state index >= 15 is 0 Å². The normalized spacial score (nSPS) is 14.0. The lowest BCUT2D eigenvalue weighted by Gasteiger charge is -2.27. The summed E-state index contributed by atoms with van der Waals surface area (Å²) in [7, 11) is 3.16. The standard InChI is InChI=1S/C19H24N4O3/c1-25-15-7-6-14(10-16(15)26-2)11-19(24)22-17-12-18(21-13-20-17)23-8-4-3-5-9-23/h6-7,10,12-13H,3-5,8-9,11H2,1-2H3,(H,20,21,22,24). The van der Waals surface area contributed by atoms with Crippen LogP contribution in [0.1, 0.15) is 24.8 Å². The van der Waals surface area contributed by atoms with Gasteiger partial charge in [0.25, 0.3) is 0 Å². The number of rotatable bonds is 6. The molecule has 0 radical (unpaired) electrons. The molecule has 0 bridgehead atoms. The highest BCUT2D eigenvalue weighted by Gasteiger charge is 2.14. The summed E-state index contributed by atoms with van der Waals surface area (Å²) in [5.41, 5.74) is 0.838. The molecule has 26 heavy (non-hydrogen) atoms. The van der Waals surface area contributed by atoms with Crippen molar-refractivity contribution in [2.45, 2.75) is 25.7 Å². The Bertz CT molecular complexity index is 760. The third kappa shape index (κ3) is 4.41. The molecule has 2 heterocycles. The number of amides is 1. The smallest absolute Gasteiger partial charge is 0.229 e. The molecule has 3 rings (SSSR count). The molecule has 1 fully saturated rings. The fourth-order valence-corrected chi connectivity index (χ4v) is 3.07. The number of hydrogen-bond acceptors (Lipinski definition) is 6. The fraction of sp³-hybridized carbons (Fsp3) is 0.421. The molecule has 1 aliphatic heterocycles. The lowest BCUT2D eigenvalue weighted by molar-refractivity contribution is -0.115. The van der Waals surface area contributed by atoms with Crippen molar-refractivity contribution in [1.82, 2.24) is 9.97 Å². The van der Waals surface area contributed by atoms with Gasteiger partial charge in [0.05, 0.1) is 20.6 Å². The number of nitrogens with zero attached hydrogens (tertiary/aromatic N) is 3. The number of carbonyl (C=O) groups excluding carboxylic acids is 1. The minimum atomic E-state index is -0.138. The van der Waals surface area contributed by atoms with E-state index < -0.39 is 0 Å². The van der Waals surface area contributed by atoms with E-state index in [2.05, 4.69) is 20.2 Å². The zero-order chi connectivity index (χ0) is 18.4.